The summed E-state index contributed by atoms with van der Waals surface area (Å²) in [6.45, 7) is 0. The van der Waals surface area contributed by atoms with Crippen LogP contribution in [0.1, 0.15) is 0 Å². The van der Waals surface area contributed by atoms with Gasteiger partial charge in [-0.05, 0) is 23.9 Å². The van der Waals surface area contributed by atoms with E-state index >= 15 is 0 Å². The van der Waals surface area contributed by atoms with Gasteiger partial charge in [0.2, 0.25) is 0 Å². The number of anilines is 1. The van der Waals surface area contributed by atoms with E-state index in [0.29, 0.717) is 0 Å². The fourth-order valence-corrected chi connectivity index (χ4v) is 1.01. The summed E-state index contributed by atoms with van der Waals surface area (Å²) < 4.78 is 36.6. The maximum Gasteiger partial charge on any atom is 0.500 e. The molecule has 0 radical (unpaired) electrons. The second-order valence-corrected chi connectivity index (χ2v) is 2.39. The maximum atomic E-state index is 12.2. The summed E-state index contributed by atoms with van der Waals surface area (Å²) in [4.78, 5) is 1.54. The predicted octanol–water partition coefficient (Wildman–Crippen LogP) is 2.67. The summed E-state index contributed by atoms with van der Waals surface area (Å²) in [7, 11) is 0. The van der Waals surface area contributed by atoms with Gasteiger partial charge in [-0.25, -0.2) is 5.01 Å². The number of hydrogen-bond donors (Lipinski definition) is 1. The fourth-order valence-electron chi connectivity index (χ4n) is 0.820. The molecular weight excluding hydrogens is 205 g/mol. The Bertz CT molecular complexity index is 262. The molecule has 0 fully saturated rings. The Labute approximate surface area is 78.0 Å². The highest BCUT2D eigenvalue weighted by Gasteiger charge is 2.37. The van der Waals surface area contributed by atoms with Gasteiger partial charge in [-0.15, -0.1) is 18.1 Å². The molecule has 2 nitrogen and oxygen atoms in total. The molecule has 1 rings (SSSR count). The lowest BCUT2D eigenvalue weighted by molar-refractivity contribution is -0.132. The first-order chi connectivity index (χ1) is 6.05. The standard InChI is InChI=1S/C7H6ClF3N2/c8-12-13(7(9,10)11)6-4-2-1-3-5-6/h1-5,12H. The molecular formula is C7H6ClF3N2. The van der Waals surface area contributed by atoms with Gasteiger partial charge in [0.25, 0.3) is 0 Å². The molecule has 6 heteroatoms. The molecule has 0 amide bonds. The van der Waals surface area contributed by atoms with Gasteiger partial charge >= 0.3 is 6.30 Å². The van der Waals surface area contributed by atoms with Crippen LogP contribution < -0.4 is 9.95 Å². The first-order valence-corrected chi connectivity index (χ1v) is 3.72. The molecule has 72 valence electrons. The van der Waals surface area contributed by atoms with E-state index in [2.05, 4.69) is 0 Å². The smallest absolute Gasteiger partial charge is 0.202 e. The van der Waals surface area contributed by atoms with E-state index in [0.717, 1.165) is 0 Å². The molecule has 0 saturated carbocycles. The number of halogens is 4. The summed E-state index contributed by atoms with van der Waals surface area (Å²) in [5, 5.41) is -0.0887. The lowest BCUT2D eigenvalue weighted by atomic mass is 10.3. The quantitative estimate of drug-likeness (QED) is 0.459. The number of alkyl halides is 3. The van der Waals surface area contributed by atoms with Gasteiger partial charge < -0.3 is 0 Å². The molecule has 0 aliphatic rings. The van der Waals surface area contributed by atoms with Crippen LogP contribution in [0.15, 0.2) is 30.3 Å². The molecule has 1 aromatic rings. The van der Waals surface area contributed by atoms with Crippen molar-refractivity contribution in [2.75, 3.05) is 5.01 Å². The zero-order valence-electron chi connectivity index (χ0n) is 6.35. The van der Waals surface area contributed by atoms with Crippen molar-refractivity contribution in [1.29, 1.82) is 0 Å². The second kappa shape index (κ2) is 3.85. The van der Waals surface area contributed by atoms with Gasteiger partial charge in [-0.3, -0.25) is 0 Å². The minimum atomic E-state index is -4.54. The van der Waals surface area contributed by atoms with Crippen LogP contribution in [0.5, 0.6) is 0 Å². The minimum Gasteiger partial charge on any atom is -0.202 e. The third kappa shape index (κ3) is 2.50. The van der Waals surface area contributed by atoms with Gasteiger partial charge in [0, 0.05) is 0 Å². The SMILES string of the molecule is FC(F)(F)N(NCl)c1ccccc1. The highest BCUT2D eigenvalue weighted by atomic mass is 35.5. The van der Waals surface area contributed by atoms with Crippen LogP contribution in [0.2, 0.25) is 0 Å². The number of benzene rings is 1. The van der Waals surface area contributed by atoms with Crippen molar-refractivity contribution in [1.82, 2.24) is 4.94 Å². The van der Waals surface area contributed by atoms with Crippen molar-refractivity contribution in [3.05, 3.63) is 30.3 Å². The lowest BCUT2D eigenvalue weighted by Crippen LogP contribution is -2.43. The molecule has 0 unspecified atom stereocenters. The van der Waals surface area contributed by atoms with Crippen molar-refractivity contribution in [2.45, 2.75) is 6.30 Å². The van der Waals surface area contributed by atoms with E-state index in [1.165, 1.54) is 29.2 Å². The van der Waals surface area contributed by atoms with E-state index in [1.807, 2.05) is 0 Å². The third-order valence-corrected chi connectivity index (χ3v) is 1.52. The number of nitrogens with zero attached hydrogens (tertiary/aromatic N) is 1. The molecule has 0 aliphatic heterocycles. The van der Waals surface area contributed by atoms with E-state index < -0.39 is 6.30 Å². The summed E-state index contributed by atoms with van der Waals surface area (Å²) >= 11 is 4.94. The molecule has 0 spiro atoms. The lowest BCUT2D eigenvalue weighted by Gasteiger charge is -2.23. The highest BCUT2D eigenvalue weighted by Crippen LogP contribution is 2.26. The van der Waals surface area contributed by atoms with E-state index in [9.17, 15) is 13.2 Å². The Morgan fingerprint density at radius 2 is 1.69 bits per heavy atom. The summed E-state index contributed by atoms with van der Waals surface area (Å²) in [6.07, 6.45) is -4.54. The Morgan fingerprint density at radius 1 is 1.15 bits per heavy atom. The van der Waals surface area contributed by atoms with Gasteiger partial charge in [-0.2, -0.15) is 0 Å². The highest BCUT2D eigenvalue weighted by molar-refractivity contribution is 6.14. The zero-order valence-corrected chi connectivity index (χ0v) is 7.10. The van der Waals surface area contributed by atoms with Crippen molar-refractivity contribution in [3.63, 3.8) is 0 Å². The third-order valence-electron chi connectivity index (χ3n) is 1.35. The Kier molecular flexibility index (Phi) is 3.00. The molecule has 0 heterocycles. The summed E-state index contributed by atoms with van der Waals surface area (Å²) in [5.41, 5.74) is -0.0648. The molecule has 0 aromatic heterocycles. The van der Waals surface area contributed by atoms with Crippen molar-refractivity contribution in [2.24, 2.45) is 0 Å². The average Bonchev–Trinajstić information content (AvgIpc) is 2.05. The second-order valence-electron chi connectivity index (χ2n) is 2.22. The number of hydrogen-bond acceptors (Lipinski definition) is 2. The molecule has 13 heavy (non-hydrogen) atoms. The Balaban J connectivity index is 2.92. The van der Waals surface area contributed by atoms with Gasteiger partial charge in [0.1, 0.15) is 0 Å². The first kappa shape index (κ1) is 10.1. The predicted molar refractivity (Wildman–Crippen MR) is 44.0 cm³/mol. The normalized spacial score (nSPS) is 11.4. The minimum absolute atomic E-state index is 0.0648. The van der Waals surface area contributed by atoms with Crippen molar-refractivity contribution in [3.8, 4) is 0 Å². The van der Waals surface area contributed by atoms with Crippen LogP contribution in [0.4, 0.5) is 18.9 Å². The van der Waals surface area contributed by atoms with E-state index in [1.54, 1.807) is 6.07 Å². The maximum absolute atomic E-state index is 12.2. The fraction of sp³-hybridized carbons (Fsp3) is 0.143. The van der Waals surface area contributed by atoms with E-state index in [4.69, 9.17) is 11.8 Å². The Morgan fingerprint density at radius 3 is 2.08 bits per heavy atom. The van der Waals surface area contributed by atoms with Crippen LogP contribution in [0.25, 0.3) is 0 Å². The topological polar surface area (TPSA) is 15.3 Å². The van der Waals surface area contributed by atoms with Crippen LogP contribution in [0.3, 0.4) is 0 Å². The summed E-state index contributed by atoms with van der Waals surface area (Å²) in [6, 6.07) is 7.18. The molecule has 0 aliphatic carbocycles. The monoisotopic (exact) mass is 210 g/mol. The molecule has 1 aromatic carbocycles. The number of rotatable bonds is 2. The van der Waals surface area contributed by atoms with Gasteiger partial charge in [-0.1, -0.05) is 18.2 Å². The average molecular weight is 211 g/mol. The van der Waals surface area contributed by atoms with Crippen molar-refractivity contribution >= 4 is 17.5 Å². The Hall–Kier alpha value is -0.940. The van der Waals surface area contributed by atoms with Gasteiger partial charge in [0.15, 0.2) is 0 Å². The zero-order chi connectivity index (χ0) is 9.90. The number of hydrazine groups is 1. The molecule has 1 N–H and O–H groups in total. The summed E-state index contributed by atoms with van der Waals surface area (Å²) in [5.74, 6) is 0. The molecule has 0 atom stereocenters. The molecule has 0 saturated heterocycles. The van der Waals surface area contributed by atoms with Crippen molar-refractivity contribution < 1.29 is 13.2 Å². The first-order valence-electron chi connectivity index (χ1n) is 3.34. The number of para-hydroxylation sites is 1. The largest absolute Gasteiger partial charge is 0.500 e. The van der Waals surface area contributed by atoms with Crippen LogP contribution in [0, 0.1) is 0 Å². The number of nitrogens with one attached hydrogen (secondary N) is 1. The van der Waals surface area contributed by atoms with Gasteiger partial charge in [0.05, 0.1) is 5.69 Å². The van der Waals surface area contributed by atoms with Crippen LogP contribution in [-0.2, 0) is 0 Å². The van der Waals surface area contributed by atoms with E-state index in [-0.39, 0.29) is 10.7 Å². The van der Waals surface area contributed by atoms with Crippen LogP contribution in [-0.4, -0.2) is 6.30 Å². The molecule has 0 bridgehead atoms. The van der Waals surface area contributed by atoms with Crippen LogP contribution >= 0.6 is 11.8 Å².